The molecule has 0 atom stereocenters. The van der Waals surface area contributed by atoms with E-state index < -0.39 is 0 Å². The SMILES string of the molecule is C=C/C(=C\C=C(C)C)c1ccc(OC2CCC(C(C)(C)C)CC2)cc1. The van der Waals surface area contributed by atoms with Gasteiger partial charge in [-0.25, -0.2) is 0 Å². The van der Waals surface area contributed by atoms with Gasteiger partial charge in [-0.2, -0.15) is 0 Å². The van der Waals surface area contributed by atoms with Gasteiger partial charge in [0.15, 0.2) is 0 Å². The van der Waals surface area contributed by atoms with Crippen molar-refractivity contribution in [3.8, 4) is 5.75 Å². The van der Waals surface area contributed by atoms with E-state index in [0.29, 0.717) is 11.5 Å². The van der Waals surface area contributed by atoms with Crippen molar-refractivity contribution in [1.29, 1.82) is 0 Å². The molecule has 0 unspecified atom stereocenters. The fourth-order valence-corrected chi connectivity index (χ4v) is 3.50. The van der Waals surface area contributed by atoms with Crippen LogP contribution in [-0.4, -0.2) is 6.10 Å². The van der Waals surface area contributed by atoms with E-state index in [0.717, 1.165) is 17.2 Å². The Morgan fingerprint density at radius 3 is 2.08 bits per heavy atom. The molecule has 1 aromatic rings. The molecule has 0 aliphatic heterocycles. The van der Waals surface area contributed by atoms with Gasteiger partial charge >= 0.3 is 0 Å². The van der Waals surface area contributed by atoms with Crippen LogP contribution in [0.2, 0.25) is 0 Å². The van der Waals surface area contributed by atoms with Crippen LogP contribution in [0.25, 0.3) is 5.57 Å². The lowest BCUT2D eigenvalue weighted by atomic mass is 9.72. The summed E-state index contributed by atoms with van der Waals surface area (Å²) < 4.78 is 6.23. The quantitative estimate of drug-likeness (QED) is 0.515. The number of allylic oxidation sites excluding steroid dienone is 5. The molecule has 1 aromatic carbocycles. The fraction of sp³-hybridized carbons (Fsp3) is 0.500. The van der Waals surface area contributed by atoms with Crippen LogP contribution in [0.5, 0.6) is 5.75 Å². The summed E-state index contributed by atoms with van der Waals surface area (Å²) in [5.74, 6) is 1.80. The van der Waals surface area contributed by atoms with E-state index in [-0.39, 0.29) is 0 Å². The second-order valence-electron chi connectivity index (χ2n) is 8.55. The predicted molar refractivity (Wildman–Crippen MR) is 110 cm³/mol. The minimum atomic E-state index is 0.365. The summed E-state index contributed by atoms with van der Waals surface area (Å²) in [5.41, 5.74) is 4.02. The Balaban J connectivity index is 1.96. The zero-order chi connectivity index (χ0) is 18.4. The second kappa shape index (κ2) is 8.56. The molecule has 1 heteroatoms. The number of rotatable bonds is 5. The van der Waals surface area contributed by atoms with Crippen molar-refractivity contribution < 1.29 is 4.74 Å². The van der Waals surface area contributed by atoms with Gasteiger partial charge in [0.1, 0.15) is 5.75 Å². The molecule has 0 heterocycles. The topological polar surface area (TPSA) is 9.23 Å². The van der Waals surface area contributed by atoms with Crippen LogP contribution in [0, 0.1) is 11.3 Å². The van der Waals surface area contributed by atoms with Crippen LogP contribution in [-0.2, 0) is 0 Å². The summed E-state index contributed by atoms with van der Waals surface area (Å²) in [6.07, 6.45) is 11.4. The first-order valence-electron chi connectivity index (χ1n) is 9.54. The Morgan fingerprint density at radius 2 is 1.60 bits per heavy atom. The molecule has 0 spiro atoms. The molecule has 1 aliphatic carbocycles. The van der Waals surface area contributed by atoms with Crippen molar-refractivity contribution in [1.82, 2.24) is 0 Å². The van der Waals surface area contributed by atoms with E-state index in [1.54, 1.807) is 0 Å². The van der Waals surface area contributed by atoms with Gasteiger partial charge in [0.2, 0.25) is 0 Å². The maximum Gasteiger partial charge on any atom is 0.119 e. The van der Waals surface area contributed by atoms with E-state index >= 15 is 0 Å². The molecule has 2 rings (SSSR count). The van der Waals surface area contributed by atoms with Crippen molar-refractivity contribution in [2.45, 2.75) is 66.4 Å². The summed E-state index contributed by atoms with van der Waals surface area (Å²) in [6, 6.07) is 8.43. The Hall–Kier alpha value is -1.76. The second-order valence-corrected chi connectivity index (χ2v) is 8.55. The van der Waals surface area contributed by atoms with Crippen LogP contribution >= 0.6 is 0 Å². The van der Waals surface area contributed by atoms with Gasteiger partial charge in [-0.05, 0) is 74.1 Å². The highest BCUT2D eigenvalue weighted by atomic mass is 16.5. The average molecular weight is 339 g/mol. The molecule has 0 radical (unpaired) electrons. The maximum absolute atomic E-state index is 6.23. The van der Waals surface area contributed by atoms with Crippen LogP contribution in [0.1, 0.15) is 65.9 Å². The number of ether oxygens (including phenoxy) is 1. The van der Waals surface area contributed by atoms with Crippen molar-refractivity contribution in [2.75, 3.05) is 0 Å². The van der Waals surface area contributed by atoms with E-state index in [1.807, 2.05) is 6.08 Å². The highest BCUT2D eigenvalue weighted by molar-refractivity contribution is 5.75. The van der Waals surface area contributed by atoms with Gasteiger partial charge in [-0.3, -0.25) is 0 Å². The van der Waals surface area contributed by atoms with E-state index in [1.165, 1.54) is 36.8 Å². The Kier molecular flexibility index (Phi) is 6.70. The zero-order valence-corrected chi connectivity index (χ0v) is 16.6. The summed E-state index contributed by atoms with van der Waals surface area (Å²) in [6.45, 7) is 15.2. The normalized spacial score (nSPS) is 21.6. The van der Waals surface area contributed by atoms with Crippen LogP contribution in [0.15, 0.2) is 54.6 Å². The van der Waals surface area contributed by atoms with E-state index in [9.17, 15) is 0 Å². The van der Waals surface area contributed by atoms with E-state index in [4.69, 9.17) is 4.74 Å². The first-order chi connectivity index (χ1) is 11.8. The third-order valence-electron chi connectivity index (χ3n) is 5.21. The van der Waals surface area contributed by atoms with Gasteiger partial charge < -0.3 is 4.74 Å². The summed E-state index contributed by atoms with van der Waals surface area (Å²) in [5, 5.41) is 0. The Bertz CT molecular complexity index is 613. The lowest BCUT2D eigenvalue weighted by Crippen LogP contribution is -2.30. The van der Waals surface area contributed by atoms with Crippen molar-refractivity contribution >= 4 is 5.57 Å². The van der Waals surface area contributed by atoms with Crippen LogP contribution in [0.4, 0.5) is 0 Å². The highest BCUT2D eigenvalue weighted by Crippen LogP contribution is 2.38. The molecule has 25 heavy (non-hydrogen) atoms. The minimum Gasteiger partial charge on any atom is -0.490 e. The molecule has 0 bridgehead atoms. The molecule has 1 fully saturated rings. The van der Waals surface area contributed by atoms with Crippen molar-refractivity contribution in [3.63, 3.8) is 0 Å². The summed E-state index contributed by atoms with van der Waals surface area (Å²) in [7, 11) is 0. The third-order valence-corrected chi connectivity index (χ3v) is 5.21. The number of hydrogen-bond acceptors (Lipinski definition) is 1. The molecular weight excluding hydrogens is 304 g/mol. The lowest BCUT2D eigenvalue weighted by Gasteiger charge is -2.36. The largest absolute Gasteiger partial charge is 0.490 e. The predicted octanol–water partition coefficient (Wildman–Crippen LogP) is 7.21. The fourth-order valence-electron chi connectivity index (χ4n) is 3.50. The van der Waals surface area contributed by atoms with Crippen molar-refractivity contribution in [3.05, 3.63) is 60.2 Å². The molecule has 1 nitrogen and oxygen atoms in total. The molecule has 136 valence electrons. The van der Waals surface area contributed by atoms with Gasteiger partial charge in [-0.1, -0.05) is 63.3 Å². The standard InChI is InChI=1S/C24H34O/c1-7-19(9-8-18(2)3)20-10-14-22(15-11-20)25-23-16-12-21(13-17-23)24(4,5)6/h7-11,14-15,21,23H,1,12-13,16-17H2,2-6H3/b19-9+. The zero-order valence-electron chi connectivity index (χ0n) is 16.6. The number of hydrogen-bond donors (Lipinski definition) is 0. The van der Waals surface area contributed by atoms with Crippen LogP contribution in [0.3, 0.4) is 0 Å². The van der Waals surface area contributed by atoms with Gasteiger partial charge in [0.05, 0.1) is 6.10 Å². The first kappa shape index (κ1) is 19.6. The maximum atomic E-state index is 6.23. The smallest absolute Gasteiger partial charge is 0.119 e. The molecule has 0 saturated heterocycles. The minimum absolute atomic E-state index is 0.365. The highest BCUT2D eigenvalue weighted by Gasteiger charge is 2.30. The molecule has 0 aromatic heterocycles. The first-order valence-corrected chi connectivity index (χ1v) is 9.54. The van der Waals surface area contributed by atoms with E-state index in [2.05, 4.69) is 77.6 Å². The molecule has 1 aliphatic rings. The monoisotopic (exact) mass is 338 g/mol. The van der Waals surface area contributed by atoms with Gasteiger partial charge in [-0.15, -0.1) is 0 Å². The summed E-state index contributed by atoms with van der Waals surface area (Å²) in [4.78, 5) is 0. The third kappa shape index (κ3) is 5.92. The van der Waals surface area contributed by atoms with Gasteiger partial charge in [0, 0.05) is 0 Å². The molecule has 0 amide bonds. The molecule has 0 N–H and O–H groups in total. The molecular formula is C24H34O. The van der Waals surface area contributed by atoms with Gasteiger partial charge in [0.25, 0.3) is 0 Å². The Labute approximate surface area is 154 Å². The Morgan fingerprint density at radius 1 is 1.00 bits per heavy atom. The van der Waals surface area contributed by atoms with Crippen LogP contribution < -0.4 is 4.74 Å². The average Bonchev–Trinajstić information content (AvgIpc) is 2.56. The van der Waals surface area contributed by atoms with Crippen molar-refractivity contribution in [2.24, 2.45) is 11.3 Å². The molecule has 1 saturated carbocycles. The lowest BCUT2D eigenvalue weighted by molar-refractivity contribution is 0.0882. The number of benzene rings is 1. The summed E-state index contributed by atoms with van der Waals surface area (Å²) >= 11 is 0.